The second kappa shape index (κ2) is 9.47. The summed E-state index contributed by atoms with van der Waals surface area (Å²) in [6, 6.07) is 10.2. The van der Waals surface area contributed by atoms with Crippen molar-refractivity contribution in [2.45, 2.75) is 19.4 Å². The predicted molar refractivity (Wildman–Crippen MR) is 108 cm³/mol. The second-order valence-electron chi connectivity index (χ2n) is 6.30. The zero-order valence-electron chi connectivity index (χ0n) is 15.9. The lowest BCUT2D eigenvalue weighted by atomic mass is 10.1. The van der Waals surface area contributed by atoms with E-state index in [1.807, 2.05) is 12.1 Å². The Bertz CT molecular complexity index is 991. The topological polar surface area (TPSA) is 75.3 Å². The summed E-state index contributed by atoms with van der Waals surface area (Å²) in [5.74, 6) is 0.202. The van der Waals surface area contributed by atoms with Crippen molar-refractivity contribution < 1.29 is 13.3 Å². The van der Waals surface area contributed by atoms with Crippen LogP contribution in [-0.2, 0) is 6.42 Å². The van der Waals surface area contributed by atoms with E-state index in [2.05, 4.69) is 25.8 Å². The first-order valence-corrected chi connectivity index (χ1v) is 9.34. The van der Waals surface area contributed by atoms with Crippen LogP contribution in [0.25, 0.3) is 11.4 Å². The van der Waals surface area contributed by atoms with Gasteiger partial charge in [0.25, 0.3) is 0 Å². The first-order chi connectivity index (χ1) is 14.0. The third-order valence-electron chi connectivity index (χ3n) is 4.21. The van der Waals surface area contributed by atoms with Gasteiger partial charge in [-0.3, -0.25) is 4.99 Å². The van der Waals surface area contributed by atoms with Gasteiger partial charge in [-0.1, -0.05) is 22.8 Å². The second-order valence-corrected chi connectivity index (χ2v) is 6.74. The van der Waals surface area contributed by atoms with Crippen LogP contribution in [0.15, 0.2) is 52.0 Å². The highest BCUT2D eigenvalue weighted by molar-refractivity contribution is 6.30. The van der Waals surface area contributed by atoms with Crippen LogP contribution in [0.1, 0.15) is 24.4 Å². The van der Waals surface area contributed by atoms with Crippen LogP contribution in [0, 0.1) is 11.6 Å². The average Bonchev–Trinajstić information content (AvgIpc) is 3.16. The Kier molecular flexibility index (Phi) is 6.77. The number of nitrogens with zero attached hydrogens (tertiary/aromatic N) is 3. The number of guanidine groups is 1. The molecule has 1 atom stereocenters. The molecule has 3 rings (SSSR count). The number of hydrogen-bond acceptors (Lipinski definition) is 4. The fourth-order valence-corrected chi connectivity index (χ4v) is 2.82. The van der Waals surface area contributed by atoms with Crippen molar-refractivity contribution in [2.24, 2.45) is 4.99 Å². The molecule has 0 aliphatic rings. The molecule has 0 bridgehead atoms. The Labute approximate surface area is 172 Å². The summed E-state index contributed by atoms with van der Waals surface area (Å²) in [6.07, 6.45) is 0.473. The van der Waals surface area contributed by atoms with E-state index in [4.69, 9.17) is 16.1 Å². The summed E-state index contributed by atoms with van der Waals surface area (Å²) in [4.78, 5) is 8.47. The van der Waals surface area contributed by atoms with Gasteiger partial charge >= 0.3 is 0 Å². The van der Waals surface area contributed by atoms with Gasteiger partial charge in [0.2, 0.25) is 11.7 Å². The third-order valence-corrected chi connectivity index (χ3v) is 4.46. The smallest absolute Gasteiger partial charge is 0.228 e. The van der Waals surface area contributed by atoms with Crippen molar-refractivity contribution in [3.05, 3.63) is 70.6 Å². The minimum Gasteiger partial charge on any atom is -0.356 e. The van der Waals surface area contributed by atoms with Crippen LogP contribution in [0.3, 0.4) is 0 Å². The summed E-state index contributed by atoms with van der Waals surface area (Å²) in [5.41, 5.74) is 1.16. The summed E-state index contributed by atoms with van der Waals surface area (Å²) in [5, 5.41) is 10.8. The Morgan fingerprint density at radius 1 is 1.21 bits per heavy atom. The first kappa shape index (κ1) is 20.7. The number of benzene rings is 2. The van der Waals surface area contributed by atoms with E-state index in [9.17, 15) is 8.78 Å². The molecule has 3 aromatic rings. The molecular formula is C20H20ClF2N5O. The van der Waals surface area contributed by atoms with E-state index in [-0.39, 0.29) is 0 Å². The summed E-state index contributed by atoms with van der Waals surface area (Å²) >= 11 is 5.88. The van der Waals surface area contributed by atoms with Crippen LogP contribution in [0.5, 0.6) is 0 Å². The van der Waals surface area contributed by atoms with E-state index < -0.39 is 17.7 Å². The molecule has 0 fully saturated rings. The molecule has 6 nitrogen and oxygen atoms in total. The number of aromatic nitrogens is 2. The van der Waals surface area contributed by atoms with Gasteiger partial charge in [0.1, 0.15) is 11.6 Å². The molecule has 1 unspecified atom stereocenters. The molecule has 152 valence electrons. The first-order valence-electron chi connectivity index (χ1n) is 8.97. The zero-order valence-corrected chi connectivity index (χ0v) is 16.7. The SMILES string of the molecule is CN=C(NCCc1nc(-c2ccc(Cl)cc2)no1)NC(C)c1ccc(F)cc1F. The highest BCUT2D eigenvalue weighted by Gasteiger charge is 2.14. The highest BCUT2D eigenvalue weighted by Crippen LogP contribution is 2.19. The van der Waals surface area contributed by atoms with Gasteiger partial charge in [0.15, 0.2) is 5.96 Å². The standard InChI is InChI=1S/C20H20ClF2N5O/c1-12(16-8-7-15(22)11-17(16)23)26-20(24-2)25-10-9-18-27-19(28-29-18)13-3-5-14(21)6-4-13/h3-8,11-12H,9-10H2,1-2H3,(H2,24,25,26). The van der Waals surface area contributed by atoms with E-state index in [0.29, 0.717) is 41.2 Å². The maximum Gasteiger partial charge on any atom is 0.228 e. The van der Waals surface area contributed by atoms with Crippen LogP contribution in [0.2, 0.25) is 5.02 Å². The van der Waals surface area contributed by atoms with Crippen LogP contribution >= 0.6 is 11.6 Å². The molecule has 2 N–H and O–H groups in total. The molecule has 1 aromatic heterocycles. The molecular weight excluding hydrogens is 400 g/mol. The Morgan fingerprint density at radius 2 is 1.97 bits per heavy atom. The van der Waals surface area contributed by atoms with E-state index in [1.54, 1.807) is 26.1 Å². The molecule has 2 aromatic carbocycles. The van der Waals surface area contributed by atoms with Crippen LogP contribution < -0.4 is 10.6 Å². The quantitative estimate of drug-likeness (QED) is 0.464. The lowest BCUT2D eigenvalue weighted by molar-refractivity contribution is 0.378. The molecule has 1 heterocycles. The molecule has 0 radical (unpaired) electrons. The Morgan fingerprint density at radius 3 is 2.66 bits per heavy atom. The van der Waals surface area contributed by atoms with Gasteiger partial charge in [0, 0.05) is 42.2 Å². The van der Waals surface area contributed by atoms with E-state index in [1.165, 1.54) is 12.1 Å². The lowest BCUT2D eigenvalue weighted by Gasteiger charge is -2.18. The molecule has 0 saturated carbocycles. The Hall–Kier alpha value is -3.00. The van der Waals surface area contributed by atoms with Crippen molar-refractivity contribution in [3.8, 4) is 11.4 Å². The molecule has 0 saturated heterocycles. The minimum absolute atomic E-state index is 0.346. The number of hydrogen-bond donors (Lipinski definition) is 2. The molecule has 29 heavy (non-hydrogen) atoms. The molecule has 9 heteroatoms. The van der Waals surface area contributed by atoms with Crippen LogP contribution in [0.4, 0.5) is 8.78 Å². The largest absolute Gasteiger partial charge is 0.356 e. The summed E-state index contributed by atoms with van der Waals surface area (Å²) in [6.45, 7) is 2.24. The zero-order chi connectivity index (χ0) is 20.8. The van der Waals surface area contributed by atoms with Crippen molar-refractivity contribution in [2.75, 3.05) is 13.6 Å². The maximum atomic E-state index is 13.9. The molecule has 0 spiro atoms. The van der Waals surface area contributed by atoms with Gasteiger partial charge in [-0.2, -0.15) is 4.98 Å². The number of halogens is 3. The molecule has 0 amide bonds. The average molecular weight is 420 g/mol. The van der Waals surface area contributed by atoms with Gasteiger partial charge < -0.3 is 15.2 Å². The van der Waals surface area contributed by atoms with Gasteiger partial charge in [-0.25, -0.2) is 8.78 Å². The third kappa shape index (κ3) is 5.51. The number of aliphatic imine (C=N–C) groups is 1. The predicted octanol–water partition coefficient (Wildman–Crippen LogP) is 4.14. The minimum atomic E-state index is -0.613. The fourth-order valence-electron chi connectivity index (χ4n) is 2.69. The Balaban J connectivity index is 1.53. The molecule has 0 aliphatic heterocycles. The number of nitrogens with one attached hydrogen (secondary N) is 2. The van der Waals surface area contributed by atoms with Crippen molar-refractivity contribution in [3.63, 3.8) is 0 Å². The maximum absolute atomic E-state index is 13.9. The van der Waals surface area contributed by atoms with Crippen molar-refractivity contribution in [1.82, 2.24) is 20.8 Å². The fraction of sp³-hybridized carbons (Fsp3) is 0.250. The van der Waals surface area contributed by atoms with Crippen molar-refractivity contribution >= 4 is 17.6 Å². The van der Waals surface area contributed by atoms with E-state index >= 15 is 0 Å². The lowest BCUT2D eigenvalue weighted by Crippen LogP contribution is -2.39. The normalized spacial score (nSPS) is 12.7. The van der Waals surface area contributed by atoms with Crippen LogP contribution in [-0.4, -0.2) is 29.7 Å². The summed E-state index contributed by atoms with van der Waals surface area (Å²) in [7, 11) is 1.61. The number of rotatable bonds is 6. The van der Waals surface area contributed by atoms with Gasteiger partial charge in [0.05, 0.1) is 6.04 Å². The molecule has 0 aliphatic carbocycles. The van der Waals surface area contributed by atoms with Crippen molar-refractivity contribution in [1.29, 1.82) is 0 Å². The highest BCUT2D eigenvalue weighted by atomic mass is 35.5. The van der Waals surface area contributed by atoms with E-state index in [0.717, 1.165) is 11.6 Å². The van der Waals surface area contributed by atoms with Gasteiger partial charge in [-0.15, -0.1) is 0 Å². The van der Waals surface area contributed by atoms with Gasteiger partial charge in [-0.05, 0) is 37.3 Å². The monoisotopic (exact) mass is 419 g/mol. The summed E-state index contributed by atoms with van der Waals surface area (Å²) < 4.78 is 32.3.